The van der Waals surface area contributed by atoms with Crippen LogP contribution in [0.3, 0.4) is 0 Å². The zero-order chi connectivity index (χ0) is 25.8. The minimum atomic E-state index is -0.724. The highest BCUT2D eigenvalue weighted by molar-refractivity contribution is 5.90. The fourth-order valence-corrected chi connectivity index (χ4v) is 4.65. The number of hydrogen-bond acceptors (Lipinski definition) is 6. The van der Waals surface area contributed by atoms with E-state index >= 15 is 4.39 Å². The lowest BCUT2D eigenvalue weighted by Crippen LogP contribution is -2.42. The van der Waals surface area contributed by atoms with Gasteiger partial charge in [0, 0.05) is 27.1 Å². The van der Waals surface area contributed by atoms with Crippen molar-refractivity contribution in [1.82, 2.24) is 10.6 Å². The number of methoxy groups -OCH3 is 1. The number of carbonyl (C=O) groups excluding carboxylic acids is 3. The molecule has 36 heavy (non-hydrogen) atoms. The van der Waals surface area contributed by atoms with E-state index in [-0.39, 0.29) is 36.9 Å². The van der Waals surface area contributed by atoms with Crippen LogP contribution in [0.2, 0.25) is 0 Å². The van der Waals surface area contributed by atoms with Crippen LogP contribution in [-0.2, 0) is 19.1 Å². The summed E-state index contributed by atoms with van der Waals surface area (Å²) in [4.78, 5) is 39.5. The van der Waals surface area contributed by atoms with Crippen molar-refractivity contribution in [1.29, 1.82) is 0 Å². The van der Waals surface area contributed by atoms with E-state index in [2.05, 4.69) is 10.6 Å². The van der Waals surface area contributed by atoms with Gasteiger partial charge in [0.15, 0.2) is 6.10 Å². The Balaban J connectivity index is 1.40. The molecule has 0 aliphatic carbocycles. The van der Waals surface area contributed by atoms with E-state index in [4.69, 9.17) is 9.47 Å². The third-order valence-corrected chi connectivity index (χ3v) is 6.55. The Kier molecular flexibility index (Phi) is 7.73. The molecule has 0 radical (unpaired) electrons. The van der Waals surface area contributed by atoms with E-state index in [0.29, 0.717) is 24.5 Å². The number of cyclic esters (lactones) is 1. The quantitative estimate of drug-likeness (QED) is 0.581. The molecule has 1 unspecified atom stereocenters. The van der Waals surface area contributed by atoms with E-state index in [1.54, 1.807) is 12.1 Å². The number of anilines is 2. The van der Waals surface area contributed by atoms with Crippen molar-refractivity contribution in [2.75, 3.05) is 43.1 Å². The highest BCUT2D eigenvalue weighted by atomic mass is 19.1. The number of amides is 3. The normalized spacial score (nSPS) is 22.3. The number of hydrogen-bond donors (Lipinski definition) is 2. The Labute approximate surface area is 209 Å². The highest BCUT2D eigenvalue weighted by Crippen LogP contribution is 2.31. The summed E-state index contributed by atoms with van der Waals surface area (Å²) in [6.07, 6.45) is -1.81. The second-order valence-corrected chi connectivity index (χ2v) is 9.21. The minimum absolute atomic E-state index is 0.0874. The maximum Gasteiger partial charge on any atom is 0.414 e. The van der Waals surface area contributed by atoms with Crippen LogP contribution >= 0.6 is 0 Å². The fourth-order valence-electron chi connectivity index (χ4n) is 4.65. The van der Waals surface area contributed by atoms with Crippen LogP contribution in [0.1, 0.15) is 25.5 Å². The summed E-state index contributed by atoms with van der Waals surface area (Å²) >= 11 is 0. The largest absolute Gasteiger partial charge is 0.442 e. The Bertz CT molecular complexity index is 1110. The highest BCUT2D eigenvalue weighted by Gasteiger charge is 2.35. The van der Waals surface area contributed by atoms with E-state index in [1.807, 2.05) is 42.2 Å². The summed E-state index contributed by atoms with van der Waals surface area (Å²) in [6.45, 7) is 4.82. The maximum atomic E-state index is 15.2. The molecule has 0 aromatic heterocycles. The summed E-state index contributed by atoms with van der Waals surface area (Å²) in [5.74, 6) is -0.833. The molecule has 2 aromatic carbocycles. The Morgan fingerprint density at radius 2 is 1.92 bits per heavy atom. The topological polar surface area (TPSA) is 100 Å². The second-order valence-electron chi connectivity index (χ2n) is 9.21. The van der Waals surface area contributed by atoms with E-state index in [1.165, 1.54) is 25.0 Å². The first kappa shape index (κ1) is 25.4. The molecule has 0 spiro atoms. The molecule has 3 amide bonds. The van der Waals surface area contributed by atoms with Gasteiger partial charge in [-0.1, -0.05) is 37.3 Å². The predicted octanol–water partition coefficient (Wildman–Crippen LogP) is 2.62. The van der Waals surface area contributed by atoms with Crippen LogP contribution in [-0.4, -0.2) is 63.3 Å². The molecule has 2 aliphatic rings. The SMILES string of the molecule is CO[C@H](C(=O)N[C@H]1CN(c2ccc(N3CC(CNC(C)=O)OC3=O)cc2F)C[C@@H]1C)c1ccccc1. The Morgan fingerprint density at radius 3 is 2.58 bits per heavy atom. The summed E-state index contributed by atoms with van der Waals surface area (Å²) in [6, 6.07) is 13.7. The van der Waals surface area contributed by atoms with Gasteiger partial charge in [-0.2, -0.15) is 0 Å². The first-order valence-electron chi connectivity index (χ1n) is 11.9. The van der Waals surface area contributed by atoms with Crippen LogP contribution in [0.25, 0.3) is 0 Å². The molecule has 2 aromatic rings. The van der Waals surface area contributed by atoms with Crippen molar-refractivity contribution in [2.24, 2.45) is 5.92 Å². The second kappa shape index (κ2) is 10.9. The zero-order valence-electron chi connectivity index (χ0n) is 20.6. The average molecular weight is 499 g/mol. The van der Waals surface area contributed by atoms with Gasteiger partial charge < -0.3 is 25.0 Å². The Morgan fingerprint density at radius 1 is 1.17 bits per heavy atom. The van der Waals surface area contributed by atoms with E-state index in [0.717, 1.165) is 5.56 Å². The molecule has 10 heteroatoms. The molecule has 2 heterocycles. The molecule has 4 rings (SSSR count). The molecule has 192 valence electrons. The Hall–Kier alpha value is -3.66. The number of rotatable bonds is 8. The molecule has 2 saturated heterocycles. The van der Waals surface area contributed by atoms with E-state index in [9.17, 15) is 14.4 Å². The minimum Gasteiger partial charge on any atom is -0.442 e. The number of halogens is 1. The summed E-state index contributed by atoms with van der Waals surface area (Å²) in [7, 11) is 1.50. The van der Waals surface area contributed by atoms with Crippen molar-refractivity contribution >= 4 is 29.3 Å². The van der Waals surface area contributed by atoms with Gasteiger partial charge in [0.1, 0.15) is 11.9 Å². The van der Waals surface area contributed by atoms with E-state index < -0.39 is 24.1 Å². The van der Waals surface area contributed by atoms with Crippen molar-refractivity contribution in [3.63, 3.8) is 0 Å². The summed E-state index contributed by atoms with van der Waals surface area (Å²) in [5.41, 5.74) is 1.55. The number of nitrogens with one attached hydrogen (secondary N) is 2. The smallest absolute Gasteiger partial charge is 0.414 e. The zero-order valence-corrected chi connectivity index (χ0v) is 20.6. The lowest BCUT2D eigenvalue weighted by atomic mass is 10.0. The number of nitrogens with zero attached hydrogens (tertiary/aromatic N) is 2. The summed E-state index contributed by atoms with van der Waals surface area (Å²) < 4.78 is 25.9. The van der Waals surface area contributed by atoms with Crippen LogP contribution in [0, 0.1) is 11.7 Å². The van der Waals surface area contributed by atoms with Crippen LogP contribution in [0.5, 0.6) is 0 Å². The number of benzene rings is 2. The van der Waals surface area contributed by atoms with Crippen molar-refractivity contribution in [3.05, 3.63) is 59.9 Å². The molecule has 2 aliphatic heterocycles. The number of carbonyl (C=O) groups is 3. The predicted molar refractivity (Wildman–Crippen MR) is 132 cm³/mol. The van der Waals surface area contributed by atoms with Crippen LogP contribution < -0.4 is 20.4 Å². The third kappa shape index (κ3) is 5.59. The van der Waals surface area contributed by atoms with Crippen molar-refractivity contribution in [3.8, 4) is 0 Å². The molecule has 2 fully saturated rings. The molecule has 2 N–H and O–H groups in total. The molecule has 0 saturated carbocycles. The lowest BCUT2D eigenvalue weighted by molar-refractivity contribution is -0.132. The van der Waals surface area contributed by atoms with Gasteiger partial charge in [-0.25, -0.2) is 9.18 Å². The van der Waals surface area contributed by atoms with Crippen LogP contribution in [0.15, 0.2) is 48.5 Å². The van der Waals surface area contributed by atoms with Gasteiger partial charge in [0.25, 0.3) is 5.91 Å². The molecule has 9 nitrogen and oxygen atoms in total. The standard InChI is InChI=1S/C26H31FN4O5/c1-16-13-30(15-22(16)29-25(33)24(35-3)18-7-5-4-6-8-18)23-10-9-19(11-21(23)27)31-14-20(36-26(31)34)12-28-17(2)32/h4-11,16,20,22,24H,12-15H2,1-3H3,(H,28,32)(H,29,33)/t16-,20?,22-,24-/m0/s1. The maximum absolute atomic E-state index is 15.2. The molecule has 0 bridgehead atoms. The fraction of sp³-hybridized carbons (Fsp3) is 0.423. The molecular weight excluding hydrogens is 467 g/mol. The molecule has 4 atom stereocenters. The van der Waals surface area contributed by atoms with Gasteiger partial charge in [0.2, 0.25) is 5.91 Å². The lowest BCUT2D eigenvalue weighted by Gasteiger charge is -2.22. The average Bonchev–Trinajstić information content (AvgIpc) is 3.40. The van der Waals surface area contributed by atoms with Crippen LogP contribution in [0.4, 0.5) is 20.6 Å². The van der Waals surface area contributed by atoms with Gasteiger partial charge in [-0.15, -0.1) is 0 Å². The van der Waals surface area contributed by atoms with Gasteiger partial charge in [-0.3, -0.25) is 14.5 Å². The summed E-state index contributed by atoms with van der Waals surface area (Å²) in [5, 5.41) is 5.67. The third-order valence-electron chi connectivity index (χ3n) is 6.55. The molecular formula is C26H31FN4O5. The van der Waals surface area contributed by atoms with Gasteiger partial charge in [-0.05, 0) is 29.7 Å². The first-order valence-corrected chi connectivity index (χ1v) is 11.9. The van der Waals surface area contributed by atoms with Gasteiger partial charge in [0.05, 0.1) is 30.5 Å². The monoisotopic (exact) mass is 498 g/mol. The van der Waals surface area contributed by atoms with Gasteiger partial charge >= 0.3 is 6.09 Å². The van der Waals surface area contributed by atoms with Crippen molar-refractivity contribution in [2.45, 2.75) is 32.1 Å². The van der Waals surface area contributed by atoms with Crippen molar-refractivity contribution < 1.29 is 28.2 Å². The first-order chi connectivity index (χ1) is 17.3. The number of ether oxygens (including phenoxy) is 2.